The first-order valence-corrected chi connectivity index (χ1v) is 9.09. The first-order valence-electron chi connectivity index (χ1n) is 7.90. The lowest BCUT2D eigenvalue weighted by molar-refractivity contribution is 0.0957. The molecule has 0 saturated carbocycles. The number of nitrogens with zero attached hydrogens (tertiary/aromatic N) is 2. The maximum atomic E-state index is 12.9. The highest BCUT2D eigenvalue weighted by Gasteiger charge is 2.15. The zero-order valence-electron chi connectivity index (χ0n) is 13.9. The summed E-state index contributed by atoms with van der Waals surface area (Å²) in [7, 11) is 0. The van der Waals surface area contributed by atoms with Crippen LogP contribution in [0.25, 0.3) is 0 Å². The molecule has 0 aliphatic heterocycles. The molecule has 0 spiro atoms. The summed E-state index contributed by atoms with van der Waals surface area (Å²) in [5, 5.41) is 7.09. The van der Waals surface area contributed by atoms with Crippen LogP contribution in [0.4, 0.5) is 15.3 Å². The van der Waals surface area contributed by atoms with Crippen LogP contribution >= 0.6 is 22.9 Å². The Morgan fingerprint density at radius 1 is 1.23 bits per heavy atom. The Hall–Kier alpha value is -2.51. The van der Waals surface area contributed by atoms with Gasteiger partial charge in [0.25, 0.3) is 5.91 Å². The molecule has 0 radical (unpaired) electrons. The smallest absolute Gasteiger partial charge is 0.263 e. The van der Waals surface area contributed by atoms with Crippen molar-refractivity contribution in [3.05, 3.63) is 69.6 Å². The summed E-state index contributed by atoms with van der Waals surface area (Å²) >= 11 is 7.09. The van der Waals surface area contributed by atoms with E-state index in [9.17, 15) is 9.18 Å². The van der Waals surface area contributed by atoms with Crippen LogP contribution in [0.3, 0.4) is 0 Å². The highest BCUT2D eigenvalue weighted by atomic mass is 35.5. The van der Waals surface area contributed by atoms with E-state index in [1.165, 1.54) is 23.5 Å². The van der Waals surface area contributed by atoms with Crippen molar-refractivity contribution in [1.82, 2.24) is 15.3 Å². The van der Waals surface area contributed by atoms with Crippen LogP contribution in [0.2, 0.25) is 5.02 Å². The monoisotopic (exact) mass is 390 g/mol. The number of rotatable bonds is 6. The fourth-order valence-electron chi connectivity index (χ4n) is 2.27. The number of carbonyl (C=O) groups excluding carboxylic acids is 1. The number of carbonyl (C=O) groups is 1. The van der Waals surface area contributed by atoms with Crippen LogP contribution in [0, 0.1) is 12.7 Å². The molecule has 26 heavy (non-hydrogen) atoms. The second kappa shape index (κ2) is 8.25. The number of benzene rings is 1. The van der Waals surface area contributed by atoms with Gasteiger partial charge in [-0.15, -0.1) is 0 Å². The van der Waals surface area contributed by atoms with Crippen LogP contribution in [0.15, 0.2) is 42.6 Å². The molecule has 134 valence electrons. The molecule has 0 saturated heterocycles. The number of nitrogens with one attached hydrogen (secondary N) is 2. The van der Waals surface area contributed by atoms with E-state index in [1.54, 1.807) is 6.92 Å². The number of hydrogen-bond donors (Lipinski definition) is 2. The zero-order valence-corrected chi connectivity index (χ0v) is 15.5. The number of aryl methyl sites for hydroxylation is 1. The SMILES string of the molecule is Cc1nc(Nc2ccc(F)cn2)sc1C(=O)NCCc1ccc(Cl)cc1. The van der Waals surface area contributed by atoms with Gasteiger partial charge in [0.1, 0.15) is 16.5 Å². The van der Waals surface area contributed by atoms with Gasteiger partial charge in [-0.3, -0.25) is 4.79 Å². The highest BCUT2D eigenvalue weighted by Crippen LogP contribution is 2.25. The van der Waals surface area contributed by atoms with Crippen molar-refractivity contribution in [1.29, 1.82) is 0 Å². The first kappa shape index (κ1) is 18.3. The minimum absolute atomic E-state index is 0.172. The van der Waals surface area contributed by atoms with Crippen molar-refractivity contribution >= 4 is 39.8 Å². The predicted octanol–water partition coefficient (Wildman–Crippen LogP) is 4.36. The topological polar surface area (TPSA) is 66.9 Å². The number of aromatic nitrogens is 2. The molecule has 0 unspecified atom stereocenters. The predicted molar refractivity (Wildman–Crippen MR) is 102 cm³/mol. The second-order valence-electron chi connectivity index (χ2n) is 5.55. The maximum Gasteiger partial charge on any atom is 0.263 e. The second-order valence-corrected chi connectivity index (χ2v) is 6.99. The summed E-state index contributed by atoms with van der Waals surface area (Å²) in [5.74, 6) is -0.115. The summed E-state index contributed by atoms with van der Waals surface area (Å²) in [4.78, 5) is 21.1. The lowest BCUT2D eigenvalue weighted by Crippen LogP contribution is -2.25. The minimum atomic E-state index is -0.411. The number of thiazole rings is 1. The molecular weight excluding hydrogens is 375 g/mol. The molecule has 5 nitrogen and oxygen atoms in total. The fraction of sp³-hybridized carbons (Fsp3) is 0.167. The Morgan fingerprint density at radius 2 is 2.00 bits per heavy atom. The van der Waals surface area contributed by atoms with Crippen molar-refractivity contribution < 1.29 is 9.18 Å². The van der Waals surface area contributed by atoms with Gasteiger partial charge in [-0.2, -0.15) is 0 Å². The average molecular weight is 391 g/mol. The van der Waals surface area contributed by atoms with E-state index in [0.29, 0.717) is 39.5 Å². The molecule has 3 rings (SSSR count). The summed E-state index contributed by atoms with van der Waals surface area (Å²) in [6.45, 7) is 2.29. The Kier molecular flexibility index (Phi) is 5.80. The molecule has 0 fully saturated rings. The van der Waals surface area contributed by atoms with Gasteiger partial charge in [0.15, 0.2) is 5.13 Å². The lowest BCUT2D eigenvalue weighted by Gasteiger charge is -2.04. The van der Waals surface area contributed by atoms with Crippen molar-refractivity contribution in [2.45, 2.75) is 13.3 Å². The summed E-state index contributed by atoms with van der Waals surface area (Å²) in [6.07, 6.45) is 1.83. The standard InChI is InChI=1S/C18H16ClFN4OS/c1-11-16(17(25)21-9-8-12-2-4-13(19)5-3-12)26-18(23-11)24-15-7-6-14(20)10-22-15/h2-7,10H,8-9H2,1H3,(H,21,25)(H,22,23,24). The third kappa shape index (κ3) is 4.77. The van der Waals surface area contributed by atoms with Crippen LogP contribution < -0.4 is 10.6 Å². The van der Waals surface area contributed by atoms with E-state index >= 15 is 0 Å². The zero-order chi connectivity index (χ0) is 18.5. The highest BCUT2D eigenvalue weighted by molar-refractivity contribution is 7.17. The van der Waals surface area contributed by atoms with Crippen LogP contribution in [0.5, 0.6) is 0 Å². The van der Waals surface area contributed by atoms with Crippen LogP contribution in [-0.2, 0) is 6.42 Å². The molecule has 0 atom stereocenters. The van der Waals surface area contributed by atoms with Crippen molar-refractivity contribution in [3.63, 3.8) is 0 Å². The van der Waals surface area contributed by atoms with E-state index in [0.717, 1.165) is 11.8 Å². The largest absolute Gasteiger partial charge is 0.351 e. The van der Waals surface area contributed by atoms with E-state index < -0.39 is 5.82 Å². The number of pyridine rings is 1. The molecule has 0 aliphatic rings. The molecule has 8 heteroatoms. The van der Waals surface area contributed by atoms with Gasteiger partial charge in [0.05, 0.1) is 11.9 Å². The third-order valence-corrected chi connectivity index (χ3v) is 4.90. The fourth-order valence-corrected chi connectivity index (χ4v) is 3.29. The van der Waals surface area contributed by atoms with Crippen molar-refractivity contribution in [2.24, 2.45) is 0 Å². The summed E-state index contributed by atoms with van der Waals surface area (Å²) in [6, 6.07) is 10.3. The van der Waals surface area contributed by atoms with Gasteiger partial charge in [-0.1, -0.05) is 35.1 Å². The number of hydrogen-bond acceptors (Lipinski definition) is 5. The lowest BCUT2D eigenvalue weighted by atomic mass is 10.1. The Labute approximate surface area is 159 Å². The normalized spacial score (nSPS) is 10.6. The molecule has 3 aromatic rings. The van der Waals surface area contributed by atoms with E-state index in [-0.39, 0.29) is 5.91 Å². The average Bonchev–Trinajstić information content (AvgIpc) is 2.99. The van der Waals surface area contributed by atoms with Gasteiger partial charge < -0.3 is 10.6 Å². The molecule has 2 heterocycles. The van der Waals surface area contributed by atoms with Gasteiger partial charge in [-0.05, 0) is 43.2 Å². The Balaban J connectivity index is 1.58. The molecule has 0 aliphatic carbocycles. The minimum Gasteiger partial charge on any atom is -0.351 e. The van der Waals surface area contributed by atoms with Crippen molar-refractivity contribution in [2.75, 3.05) is 11.9 Å². The third-order valence-electron chi connectivity index (χ3n) is 3.58. The van der Waals surface area contributed by atoms with Gasteiger partial charge in [0, 0.05) is 11.6 Å². The molecule has 2 aromatic heterocycles. The molecule has 1 aromatic carbocycles. The van der Waals surface area contributed by atoms with Crippen molar-refractivity contribution in [3.8, 4) is 0 Å². The van der Waals surface area contributed by atoms with E-state index in [2.05, 4.69) is 20.6 Å². The van der Waals surface area contributed by atoms with E-state index in [1.807, 2.05) is 24.3 Å². The van der Waals surface area contributed by atoms with E-state index in [4.69, 9.17) is 11.6 Å². The molecule has 2 N–H and O–H groups in total. The summed E-state index contributed by atoms with van der Waals surface area (Å²) < 4.78 is 12.9. The Bertz CT molecular complexity index is 897. The molecule has 0 bridgehead atoms. The molecule has 1 amide bonds. The number of anilines is 2. The van der Waals surface area contributed by atoms with Crippen LogP contribution in [-0.4, -0.2) is 22.4 Å². The Morgan fingerprint density at radius 3 is 2.69 bits per heavy atom. The number of halogens is 2. The van der Waals surface area contributed by atoms with Gasteiger partial charge in [-0.25, -0.2) is 14.4 Å². The first-order chi connectivity index (χ1) is 12.5. The van der Waals surface area contributed by atoms with Gasteiger partial charge in [0.2, 0.25) is 0 Å². The maximum absolute atomic E-state index is 12.9. The summed E-state index contributed by atoms with van der Waals surface area (Å²) in [5.41, 5.74) is 1.73. The number of amides is 1. The van der Waals surface area contributed by atoms with Crippen LogP contribution in [0.1, 0.15) is 20.9 Å². The quantitative estimate of drug-likeness (QED) is 0.656. The van der Waals surface area contributed by atoms with Gasteiger partial charge >= 0.3 is 0 Å². The molecular formula is C18H16ClFN4OS.